The van der Waals surface area contributed by atoms with Gasteiger partial charge in [0.05, 0.1) is 6.10 Å². The van der Waals surface area contributed by atoms with Crippen LogP contribution < -0.4 is 0 Å². The highest BCUT2D eigenvalue weighted by Crippen LogP contribution is 2.27. The lowest BCUT2D eigenvalue weighted by Gasteiger charge is -2.28. The molecule has 0 amide bonds. The summed E-state index contributed by atoms with van der Waals surface area (Å²) in [6, 6.07) is 0. The van der Waals surface area contributed by atoms with Gasteiger partial charge in [-0.15, -0.1) is 0 Å². The molecule has 1 saturated carbocycles. The van der Waals surface area contributed by atoms with Crippen molar-refractivity contribution >= 4 is 5.78 Å². The molecular formula is C16H30O2. The van der Waals surface area contributed by atoms with E-state index in [0.717, 1.165) is 25.7 Å². The second kappa shape index (κ2) is 9.55. The van der Waals surface area contributed by atoms with Gasteiger partial charge in [0.15, 0.2) is 0 Å². The number of unbranched alkanes of at least 4 members (excludes halogenated alkanes) is 5. The summed E-state index contributed by atoms with van der Waals surface area (Å²) in [6.07, 6.45) is 13.2. The monoisotopic (exact) mass is 254 g/mol. The normalized spacial score (nSPS) is 22.1. The van der Waals surface area contributed by atoms with Crippen LogP contribution in [0, 0.1) is 5.92 Å². The van der Waals surface area contributed by atoms with Crippen molar-refractivity contribution in [3.8, 4) is 0 Å². The molecule has 0 spiro atoms. The molecule has 0 N–H and O–H groups in total. The third-order valence-electron chi connectivity index (χ3n) is 4.20. The Morgan fingerprint density at radius 1 is 1.17 bits per heavy atom. The fourth-order valence-electron chi connectivity index (χ4n) is 3.01. The number of ether oxygens (including phenoxy) is 1. The lowest BCUT2D eigenvalue weighted by molar-refractivity contribution is -0.129. The largest absolute Gasteiger partial charge is 0.381 e. The smallest absolute Gasteiger partial charge is 0.138 e. The van der Waals surface area contributed by atoms with Crippen LogP contribution in [0.1, 0.15) is 77.6 Å². The molecule has 0 aromatic rings. The summed E-state index contributed by atoms with van der Waals surface area (Å²) >= 11 is 0. The van der Waals surface area contributed by atoms with Gasteiger partial charge >= 0.3 is 0 Å². The van der Waals surface area contributed by atoms with Crippen molar-refractivity contribution in [2.75, 3.05) is 7.11 Å². The molecule has 0 aromatic carbocycles. The summed E-state index contributed by atoms with van der Waals surface area (Å²) in [7, 11) is 1.77. The first kappa shape index (κ1) is 15.7. The van der Waals surface area contributed by atoms with Crippen molar-refractivity contribution in [2.24, 2.45) is 5.92 Å². The number of carbonyl (C=O) groups is 1. The van der Waals surface area contributed by atoms with Crippen LogP contribution in [-0.2, 0) is 9.53 Å². The second-order valence-corrected chi connectivity index (χ2v) is 5.65. The molecule has 2 unspecified atom stereocenters. The fraction of sp³-hybridized carbons (Fsp3) is 0.938. The van der Waals surface area contributed by atoms with Crippen molar-refractivity contribution in [2.45, 2.75) is 83.7 Å². The summed E-state index contributed by atoms with van der Waals surface area (Å²) in [6.45, 7) is 2.25. The van der Waals surface area contributed by atoms with Crippen LogP contribution in [0.3, 0.4) is 0 Å². The van der Waals surface area contributed by atoms with E-state index in [9.17, 15) is 4.79 Å². The van der Waals surface area contributed by atoms with Crippen molar-refractivity contribution in [3.63, 3.8) is 0 Å². The maximum Gasteiger partial charge on any atom is 0.138 e. The van der Waals surface area contributed by atoms with Crippen LogP contribution in [0.4, 0.5) is 0 Å². The third kappa shape index (κ3) is 5.51. The molecule has 0 saturated heterocycles. The van der Waals surface area contributed by atoms with Crippen LogP contribution in [-0.4, -0.2) is 19.0 Å². The predicted molar refractivity (Wildman–Crippen MR) is 75.8 cm³/mol. The molecular weight excluding hydrogens is 224 g/mol. The van der Waals surface area contributed by atoms with Crippen LogP contribution in [0.5, 0.6) is 0 Å². The van der Waals surface area contributed by atoms with Gasteiger partial charge in [0.25, 0.3) is 0 Å². The maximum atomic E-state index is 11.9. The van der Waals surface area contributed by atoms with Gasteiger partial charge in [-0.2, -0.15) is 0 Å². The molecule has 2 nitrogen and oxygen atoms in total. The number of rotatable bonds is 9. The molecule has 0 aliphatic heterocycles. The molecule has 2 heteroatoms. The Morgan fingerprint density at radius 3 is 2.56 bits per heavy atom. The van der Waals surface area contributed by atoms with E-state index >= 15 is 0 Å². The van der Waals surface area contributed by atoms with E-state index in [1.807, 2.05) is 0 Å². The number of methoxy groups -OCH3 is 1. The molecule has 1 rings (SSSR count). The van der Waals surface area contributed by atoms with Crippen LogP contribution in [0.2, 0.25) is 0 Å². The van der Waals surface area contributed by atoms with Gasteiger partial charge in [0.2, 0.25) is 0 Å². The highest BCUT2D eigenvalue weighted by molar-refractivity contribution is 5.82. The zero-order valence-corrected chi connectivity index (χ0v) is 12.2. The van der Waals surface area contributed by atoms with E-state index in [2.05, 4.69) is 6.92 Å². The highest BCUT2D eigenvalue weighted by Gasteiger charge is 2.29. The summed E-state index contributed by atoms with van der Waals surface area (Å²) in [5, 5.41) is 0. The Balaban J connectivity index is 2.18. The first-order chi connectivity index (χ1) is 8.79. The lowest BCUT2D eigenvalue weighted by atomic mass is 9.82. The second-order valence-electron chi connectivity index (χ2n) is 5.65. The molecule has 18 heavy (non-hydrogen) atoms. The van der Waals surface area contributed by atoms with E-state index in [4.69, 9.17) is 4.74 Å². The summed E-state index contributed by atoms with van der Waals surface area (Å²) in [5.74, 6) is 0.637. The topological polar surface area (TPSA) is 26.3 Å². The van der Waals surface area contributed by atoms with Gasteiger partial charge in [-0.1, -0.05) is 51.9 Å². The Labute approximate surface area is 112 Å². The van der Waals surface area contributed by atoms with Gasteiger partial charge < -0.3 is 4.74 Å². The van der Waals surface area contributed by atoms with Gasteiger partial charge in [-0.05, 0) is 19.3 Å². The molecule has 0 radical (unpaired) electrons. The Morgan fingerprint density at radius 2 is 1.89 bits per heavy atom. The number of hydrogen-bond acceptors (Lipinski definition) is 2. The van der Waals surface area contributed by atoms with Gasteiger partial charge in [0, 0.05) is 19.4 Å². The van der Waals surface area contributed by atoms with E-state index in [1.165, 1.54) is 44.9 Å². The summed E-state index contributed by atoms with van der Waals surface area (Å²) in [4.78, 5) is 11.9. The highest BCUT2D eigenvalue weighted by atomic mass is 16.5. The van der Waals surface area contributed by atoms with Gasteiger partial charge in [-0.3, -0.25) is 4.79 Å². The summed E-state index contributed by atoms with van der Waals surface area (Å²) in [5.41, 5.74) is 0. The first-order valence-corrected chi connectivity index (χ1v) is 7.85. The average molecular weight is 254 g/mol. The number of ketones is 1. The lowest BCUT2D eigenvalue weighted by Crippen LogP contribution is -2.32. The minimum absolute atomic E-state index is 0.184. The molecule has 0 aromatic heterocycles. The Bertz CT molecular complexity index is 225. The summed E-state index contributed by atoms with van der Waals surface area (Å²) < 4.78 is 5.57. The van der Waals surface area contributed by atoms with Crippen molar-refractivity contribution < 1.29 is 9.53 Å². The Hall–Kier alpha value is -0.370. The minimum Gasteiger partial charge on any atom is -0.381 e. The van der Waals surface area contributed by atoms with E-state index in [1.54, 1.807) is 7.11 Å². The molecule has 1 fully saturated rings. The Kier molecular flexibility index (Phi) is 8.32. The van der Waals surface area contributed by atoms with Gasteiger partial charge in [-0.25, -0.2) is 0 Å². The number of carbonyl (C=O) groups excluding carboxylic acids is 1. The SMILES string of the molecule is CCCCCCCCC(OC)C1CCCCC1=O. The number of Topliss-reactive ketones (excluding diaryl/α,β-unsaturated/α-hetero) is 1. The zero-order chi connectivity index (χ0) is 13.2. The fourth-order valence-corrected chi connectivity index (χ4v) is 3.01. The molecule has 1 aliphatic rings. The number of hydrogen-bond donors (Lipinski definition) is 0. The van der Waals surface area contributed by atoms with Crippen LogP contribution in [0.25, 0.3) is 0 Å². The zero-order valence-electron chi connectivity index (χ0n) is 12.2. The van der Waals surface area contributed by atoms with Crippen molar-refractivity contribution in [1.29, 1.82) is 0 Å². The van der Waals surface area contributed by atoms with Crippen molar-refractivity contribution in [1.82, 2.24) is 0 Å². The van der Waals surface area contributed by atoms with E-state index in [-0.39, 0.29) is 12.0 Å². The van der Waals surface area contributed by atoms with E-state index in [0.29, 0.717) is 5.78 Å². The average Bonchev–Trinajstić information content (AvgIpc) is 2.39. The maximum absolute atomic E-state index is 11.9. The van der Waals surface area contributed by atoms with E-state index < -0.39 is 0 Å². The minimum atomic E-state index is 0.184. The van der Waals surface area contributed by atoms with Crippen molar-refractivity contribution in [3.05, 3.63) is 0 Å². The molecule has 106 valence electrons. The molecule has 2 atom stereocenters. The van der Waals surface area contributed by atoms with Crippen LogP contribution >= 0.6 is 0 Å². The van der Waals surface area contributed by atoms with Gasteiger partial charge in [0.1, 0.15) is 5.78 Å². The third-order valence-corrected chi connectivity index (χ3v) is 4.20. The molecule has 0 heterocycles. The molecule has 1 aliphatic carbocycles. The predicted octanol–water partition coefficient (Wildman–Crippen LogP) is 4.51. The quantitative estimate of drug-likeness (QED) is 0.566. The standard InChI is InChI=1S/C16H30O2/c1-3-4-5-6-7-8-13-16(18-2)14-11-9-10-12-15(14)17/h14,16H,3-13H2,1-2H3. The first-order valence-electron chi connectivity index (χ1n) is 7.85. The van der Waals surface area contributed by atoms with Crippen LogP contribution in [0.15, 0.2) is 0 Å². The molecule has 0 bridgehead atoms.